The first-order valence-electron chi connectivity index (χ1n) is 9.21. The Morgan fingerprint density at radius 3 is 2.41 bits per heavy atom. The largest absolute Gasteiger partial charge is 0.457 e. The molecular weight excluding hydrogens is 434 g/mol. The molecule has 0 spiro atoms. The standard InChI is InChI=1S/C20H22ClNO5S2/c1-13-3-4-16(11-14(13)2)29(25,26)22-9-7-15(8-10-22)20(24)27-12-17(23)18-5-6-19(21)28-18/h3-6,11,15H,7-10,12H2,1-2H3. The monoisotopic (exact) mass is 455 g/mol. The molecule has 0 amide bonds. The SMILES string of the molecule is Cc1ccc(S(=O)(=O)N2CCC(C(=O)OCC(=O)c3ccc(Cl)s3)CC2)cc1C. The number of carbonyl (C=O) groups is 2. The molecule has 0 radical (unpaired) electrons. The van der Waals surface area contributed by atoms with Gasteiger partial charge in [-0.15, -0.1) is 11.3 Å². The Morgan fingerprint density at radius 1 is 1.14 bits per heavy atom. The molecule has 29 heavy (non-hydrogen) atoms. The number of Topliss-reactive ketones (excluding diaryl/α,β-unsaturated/α-hetero) is 1. The van der Waals surface area contributed by atoms with Gasteiger partial charge in [0, 0.05) is 13.1 Å². The van der Waals surface area contributed by atoms with Crippen LogP contribution < -0.4 is 0 Å². The number of benzene rings is 1. The van der Waals surface area contributed by atoms with E-state index in [2.05, 4.69) is 0 Å². The van der Waals surface area contributed by atoms with E-state index >= 15 is 0 Å². The van der Waals surface area contributed by atoms with E-state index in [4.69, 9.17) is 16.3 Å². The van der Waals surface area contributed by atoms with Gasteiger partial charge in [-0.2, -0.15) is 4.31 Å². The van der Waals surface area contributed by atoms with E-state index in [1.54, 1.807) is 30.3 Å². The second-order valence-corrected chi connectivity index (χ2v) is 10.7. The molecule has 1 aromatic carbocycles. The summed E-state index contributed by atoms with van der Waals surface area (Å²) < 4.78 is 32.8. The third-order valence-corrected chi connectivity index (χ3v) is 8.26. The van der Waals surface area contributed by atoms with Crippen molar-refractivity contribution in [3.63, 3.8) is 0 Å². The Labute approximate surface area is 179 Å². The van der Waals surface area contributed by atoms with Gasteiger partial charge in [0.25, 0.3) is 0 Å². The Balaban J connectivity index is 1.54. The van der Waals surface area contributed by atoms with Crippen molar-refractivity contribution >= 4 is 44.7 Å². The van der Waals surface area contributed by atoms with E-state index in [1.807, 2.05) is 13.8 Å². The second-order valence-electron chi connectivity index (χ2n) is 7.06. The van der Waals surface area contributed by atoms with Crippen molar-refractivity contribution in [2.45, 2.75) is 31.6 Å². The number of esters is 1. The van der Waals surface area contributed by atoms with Crippen LogP contribution in [0.1, 0.15) is 33.6 Å². The zero-order chi connectivity index (χ0) is 21.2. The summed E-state index contributed by atoms with van der Waals surface area (Å²) in [6.07, 6.45) is 0.726. The molecule has 2 aromatic rings. The van der Waals surface area contributed by atoms with Crippen molar-refractivity contribution in [2.24, 2.45) is 5.92 Å². The number of hydrogen-bond acceptors (Lipinski definition) is 6. The molecule has 1 fully saturated rings. The summed E-state index contributed by atoms with van der Waals surface area (Å²) >= 11 is 6.94. The molecule has 6 nitrogen and oxygen atoms in total. The van der Waals surface area contributed by atoms with Crippen LogP contribution in [0.5, 0.6) is 0 Å². The summed E-state index contributed by atoms with van der Waals surface area (Å²) in [5.41, 5.74) is 1.95. The number of thiophene rings is 1. The van der Waals surface area contributed by atoms with Crippen LogP contribution >= 0.6 is 22.9 Å². The van der Waals surface area contributed by atoms with Gasteiger partial charge in [-0.05, 0) is 62.1 Å². The van der Waals surface area contributed by atoms with Crippen LogP contribution in [-0.4, -0.2) is 44.2 Å². The van der Waals surface area contributed by atoms with Gasteiger partial charge in [-0.25, -0.2) is 8.42 Å². The summed E-state index contributed by atoms with van der Waals surface area (Å²) in [5, 5.41) is 0. The summed E-state index contributed by atoms with van der Waals surface area (Å²) in [4.78, 5) is 25.0. The molecule has 156 valence electrons. The highest BCUT2D eigenvalue weighted by molar-refractivity contribution is 7.89. The normalized spacial score (nSPS) is 16.0. The molecule has 9 heteroatoms. The summed E-state index contributed by atoms with van der Waals surface area (Å²) in [7, 11) is -3.59. The molecule has 0 N–H and O–H groups in total. The van der Waals surface area contributed by atoms with E-state index in [0.717, 1.165) is 22.5 Å². The molecule has 0 aliphatic carbocycles. The Bertz CT molecular complexity index is 1020. The fraction of sp³-hybridized carbons (Fsp3) is 0.400. The number of ketones is 1. The number of hydrogen-bond donors (Lipinski definition) is 0. The zero-order valence-electron chi connectivity index (χ0n) is 16.2. The molecule has 0 unspecified atom stereocenters. The Hall–Kier alpha value is -1.74. The molecule has 0 atom stereocenters. The van der Waals surface area contributed by atoms with Crippen molar-refractivity contribution < 1.29 is 22.7 Å². The topological polar surface area (TPSA) is 80.8 Å². The smallest absolute Gasteiger partial charge is 0.309 e. The number of ether oxygens (including phenoxy) is 1. The lowest BCUT2D eigenvalue weighted by atomic mass is 9.98. The zero-order valence-corrected chi connectivity index (χ0v) is 18.6. The van der Waals surface area contributed by atoms with E-state index in [0.29, 0.717) is 22.1 Å². The molecule has 1 saturated heterocycles. The van der Waals surface area contributed by atoms with Crippen LogP contribution in [0.25, 0.3) is 0 Å². The average Bonchev–Trinajstić information content (AvgIpc) is 3.14. The Kier molecular flexibility index (Phi) is 6.78. The van der Waals surface area contributed by atoms with Gasteiger partial charge in [0.15, 0.2) is 6.61 Å². The number of sulfonamides is 1. The first-order chi connectivity index (χ1) is 13.7. The maximum absolute atomic E-state index is 12.9. The molecule has 3 rings (SSSR count). The predicted octanol–water partition coefficient (Wildman–Crippen LogP) is 3.85. The van der Waals surface area contributed by atoms with E-state index in [-0.39, 0.29) is 30.4 Å². The number of nitrogens with zero attached hydrogens (tertiary/aromatic N) is 1. The highest BCUT2D eigenvalue weighted by Crippen LogP contribution is 2.26. The van der Waals surface area contributed by atoms with E-state index in [9.17, 15) is 18.0 Å². The van der Waals surface area contributed by atoms with Gasteiger partial charge >= 0.3 is 5.97 Å². The van der Waals surface area contributed by atoms with Crippen molar-refractivity contribution in [3.05, 3.63) is 50.7 Å². The lowest BCUT2D eigenvalue weighted by Crippen LogP contribution is -2.40. The fourth-order valence-electron chi connectivity index (χ4n) is 3.15. The van der Waals surface area contributed by atoms with Crippen LogP contribution in [0.4, 0.5) is 0 Å². The summed E-state index contributed by atoms with van der Waals surface area (Å²) in [6.45, 7) is 3.95. The molecule has 2 heterocycles. The Morgan fingerprint density at radius 2 is 1.83 bits per heavy atom. The van der Waals surface area contributed by atoms with Crippen LogP contribution in [0.2, 0.25) is 4.34 Å². The highest BCUT2D eigenvalue weighted by atomic mass is 35.5. The third kappa shape index (κ3) is 5.06. The van der Waals surface area contributed by atoms with Crippen LogP contribution in [0.3, 0.4) is 0 Å². The number of aryl methyl sites for hydroxylation is 2. The van der Waals surface area contributed by atoms with Crippen LogP contribution in [-0.2, 0) is 19.6 Å². The fourth-order valence-corrected chi connectivity index (χ4v) is 5.67. The quantitative estimate of drug-likeness (QED) is 0.488. The molecule has 1 aliphatic heterocycles. The van der Waals surface area contributed by atoms with Crippen molar-refractivity contribution in [1.82, 2.24) is 4.31 Å². The molecule has 1 aromatic heterocycles. The van der Waals surface area contributed by atoms with Crippen molar-refractivity contribution in [2.75, 3.05) is 19.7 Å². The second kappa shape index (κ2) is 8.95. The van der Waals surface area contributed by atoms with Crippen molar-refractivity contribution in [1.29, 1.82) is 0 Å². The first-order valence-corrected chi connectivity index (χ1v) is 11.8. The summed E-state index contributed by atoms with van der Waals surface area (Å²) in [5.74, 6) is -1.19. The minimum atomic E-state index is -3.59. The molecular formula is C20H22ClNO5S2. The number of halogens is 1. The van der Waals surface area contributed by atoms with Gasteiger partial charge < -0.3 is 4.74 Å². The minimum Gasteiger partial charge on any atom is -0.457 e. The molecule has 0 saturated carbocycles. The maximum Gasteiger partial charge on any atom is 0.309 e. The lowest BCUT2D eigenvalue weighted by Gasteiger charge is -2.30. The van der Waals surface area contributed by atoms with Gasteiger partial charge in [0.05, 0.1) is 20.0 Å². The van der Waals surface area contributed by atoms with Gasteiger partial charge in [-0.3, -0.25) is 9.59 Å². The molecule has 1 aliphatic rings. The lowest BCUT2D eigenvalue weighted by molar-refractivity contribution is -0.148. The van der Waals surface area contributed by atoms with Crippen LogP contribution in [0, 0.1) is 19.8 Å². The van der Waals surface area contributed by atoms with E-state index in [1.165, 1.54) is 4.31 Å². The summed E-state index contributed by atoms with van der Waals surface area (Å²) in [6, 6.07) is 8.30. The maximum atomic E-state index is 12.9. The van der Waals surface area contributed by atoms with Gasteiger partial charge in [0.1, 0.15) is 0 Å². The van der Waals surface area contributed by atoms with Crippen LogP contribution in [0.15, 0.2) is 35.2 Å². The number of rotatable bonds is 6. The number of piperidine rings is 1. The third-order valence-electron chi connectivity index (χ3n) is 5.10. The van der Waals surface area contributed by atoms with E-state index < -0.39 is 21.9 Å². The predicted molar refractivity (Wildman–Crippen MR) is 112 cm³/mol. The minimum absolute atomic E-state index is 0.240. The first kappa shape index (κ1) is 22.0. The number of carbonyl (C=O) groups excluding carboxylic acids is 2. The van der Waals surface area contributed by atoms with Crippen molar-refractivity contribution in [3.8, 4) is 0 Å². The molecule has 0 bridgehead atoms. The average molecular weight is 456 g/mol. The van der Waals surface area contributed by atoms with Gasteiger partial charge in [0.2, 0.25) is 15.8 Å². The van der Waals surface area contributed by atoms with Gasteiger partial charge in [-0.1, -0.05) is 17.7 Å². The highest BCUT2D eigenvalue weighted by Gasteiger charge is 2.33.